The van der Waals surface area contributed by atoms with Crippen LogP contribution < -0.4 is 5.32 Å². The molecular formula is C22H29F3N2O4. The van der Waals surface area contributed by atoms with Crippen molar-refractivity contribution in [2.45, 2.75) is 44.3 Å². The summed E-state index contributed by atoms with van der Waals surface area (Å²) in [6.07, 6.45) is 0.979. The molecule has 1 aromatic carbocycles. The highest BCUT2D eigenvalue weighted by atomic mass is 19.4. The average molecular weight is 442 g/mol. The number of carboxylic acids is 1. The molecule has 3 fully saturated rings. The number of alkyl halides is 3. The highest BCUT2D eigenvalue weighted by molar-refractivity contribution is 5.94. The number of hydrogen-bond donors (Lipinski definition) is 2. The Morgan fingerprint density at radius 1 is 1.13 bits per heavy atom. The van der Waals surface area contributed by atoms with E-state index in [1.165, 1.54) is 25.7 Å². The maximum atomic E-state index is 13.0. The molecule has 2 heterocycles. The predicted octanol–water partition coefficient (Wildman–Crippen LogP) is 3.33. The minimum absolute atomic E-state index is 0.172. The van der Waals surface area contributed by atoms with Gasteiger partial charge < -0.3 is 20.1 Å². The molecule has 0 aromatic heterocycles. The number of carbonyl (C=O) groups excluding carboxylic acids is 1. The van der Waals surface area contributed by atoms with E-state index in [9.17, 15) is 18.0 Å². The van der Waals surface area contributed by atoms with Crippen molar-refractivity contribution in [2.75, 3.05) is 32.8 Å². The first kappa shape index (κ1) is 23.5. The summed E-state index contributed by atoms with van der Waals surface area (Å²) in [7, 11) is 0. The molecule has 172 valence electrons. The molecule has 0 bridgehead atoms. The van der Waals surface area contributed by atoms with Gasteiger partial charge in [-0.15, -0.1) is 0 Å². The molecule has 2 saturated heterocycles. The number of likely N-dealkylation sites (tertiary alicyclic amines) is 1. The van der Waals surface area contributed by atoms with E-state index in [-0.39, 0.29) is 11.9 Å². The standard InChI is InChI=1S/C20H28N2O2.C2HF3O2/c23-19(17-4-2-1-3-5-17)22-15-20(8-10-21-11-9-20)12-18(22)14-24-13-16-6-7-16;3-2(4,5)1(6)7/h1-5,16,18,21H,6-15H2;(H,6,7). The fraction of sp³-hybridized carbons (Fsp3) is 0.636. The topological polar surface area (TPSA) is 78.9 Å². The quantitative estimate of drug-likeness (QED) is 0.732. The van der Waals surface area contributed by atoms with Gasteiger partial charge in [0.2, 0.25) is 0 Å². The molecule has 0 radical (unpaired) electrons. The number of carbonyl (C=O) groups is 2. The Morgan fingerprint density at radius 3 is 2.29 bits per heavy atom. The fourth-order valence-electron chi connectivity index (χ4n) is 4.27. The van der Waals surface area contributed by atoms with Crippen LogP contribution in [0.2, 0.25) is 0 Å². The third kappa shape index (κ3) is 6.67. The van der Waals surface area contributed by atoms with Gasteiger partial charge in [0.1, 0.15) is 0 Å². The Labute approximate surface area is 179 Å². The van der Waals surface area contributed by atoms with E-state index in [0.717, 1.165) is 44.1 Å². The number of rotatable bonds is 5. The number of nitrogens with one attached hydrogen (secondary N) is 1. The number of halogens is 3. The molecule has 6 nitrogen and oxygen atoms in total. The maximum Gasteiger partial charge on any atom is 0.490 e. The second-order valence-corrected chi connectivity index (χ2v) is 8.69. The van der Waals surface area contributed by atoms with Gasteiger partial charge in [0, 0.05) is 18.7 Å². The normalized spacial score (nSPS) is 22.7. The minimum atomic E-state index is -5.08. The molecule has 1 unspecified atom stereocenters. The molecule has 2 N–H and O–H groups in total. The summed E-state index contributed by atoms with van der Waals surface area (Å²) in [6, 6.07) is 9.94. The third-order valence-corrected chi connectivity index (χ3v) is 6.16. The van der Waals surface area contributed by atoms with Crippen LogP contribution in [-0.4, -0.2) is 66.9 Å². The van der Waals surface area contributed by atoms with Crippen LogP contribution >= 0.6 is 0 Å². The number of amides is 1. The highest BCUT2D eigenvalue weighted by Gasteiger charge is 2.46. The summed E-state index contributed by atoms with van der Waals surface area (Å²) < 4.78 is 37.7. The summed E-state index contributed by atoms with van der Waals surface area (Å²) >= 11 is 0. The molecular weight excluding hydrogens is 413 g/mol. The van der Waals surface area contributed by atoms with E-state index >= 15 is 0 Å². The molecule has 4 rings (SSSR count). The zero-order chi connectivity index (χ0) is 22.5. The monoisotopic (exact) mass is 442 g/mol. The molecule has 31 heavy (non-hydrogen) atoms. The van der Waals surface area contributed by atoms with E-state index < -0.39 is 12.1 Å². The first-order valence-electron chi connectivity index (χ1n) is 10.6. The summed E-state index contributed by atoms with van der Waals surface area (Å²) in [5.74, 6) is -1.81. The van der Waals surface area contributed by atoms with Gasteiger partial charge in [-0.3, -0.25) is 4.79 Å². The van der Waals surface area contributed by atoms with Crippen LogP contribution in [0, 0.1) is 11.3 Å². The van der Waals surface area contributed by atoms with Crippen molar-refractivity contribution in [2.24, 2.45) is 11.3 Å². The first-order chi connectivity index (χ1) is 14.7. The van der Waals surface area contributed by atoms with Gasteiger partial charge in [-0.25, -0.2) is 4.79 Å². The van der Waals surface area contributed by atoms with Gasteiger partial charge in [-0.2, -0.15) is 13.2 Å². The molecule has 1 atom stereocenters. The van der Waals surface area contributed by atoms with Crippen LogP contribution in [0.25, 0.3) is 0 Å². The lowest BCUT2D eigenvalue weighted by Crippen LogP contribution is -2.41. The number of aliphatic carboxylic acids is 1. The lowest BCUT2D eigenvalue weighted by Gasteiger charge is -2.33. The lowest BCUT2D eigenvalue weighted by molar-refractivity contribution is -0.192. The zero-order valence-electron chi connectivity index (χ0n) is 17.4. The Hall–Kier alpha value is -2.13. The minimum Gasteiger partial charge on any atom is -0.475 e. The lowest BCUT2D eigenvalue weighted by atomic mass is 9.77. The zero-order valence-corrected chi connectivity index (χ0v) is 17.4. The van der Waals surface area contributed by atoms with Crippen molar-refractivity contribution in [1.82, 2.24) is 10.2 Å². The Morgan fingerprint density at radius 2 is 1.74 bits per heavy atom. The molecule has 1 aliphatic carbocycles. The number of nitrogens with zero attached hydrogens (tertiary/aromatic N) is 1. The molecule has 9 heteroatoms. The van der Waals surface area contributed by atoms with Gasteiger partial charge in [-0.1, -0.05) is 18.2 Å². The van der Waals surface area contributed by atoms with Crippen molar-refractivity contribution < 1.29 is 32.6 Å². The fourth-order valence-corrected chi connectivity index (χ4v) is 4.27. The maximum absolute atomic E-state index is 13.0. The van der Waals surface area contributed by atoms with E-state index in [1.807, 2.05) is 30.3 Å². The highest BCUT2D eigenvalue weighted by Crippen LogP contribution is 2.42. The van der Waals surface area contributed by atoms with Gasteiger partial charge in [0.25, 0.3) is 5.91 Å². The number of benzene rings is 1. The van der Waals surface area contributed by atoms with Crippen LogP contribution in [0.4, 0.5) is 13.2 Å². The molecule has 1 aromatic rings. The predicted molar refractivity (Wildman–Crippen MR) is 108 cm³/mol. The average Bonchev–Trinajstić information content (AvgIpc) is 3.50. The van der Waals surface area contributed by atoms with Crippen molar-refractivity contribution in [1.29, 1.82) is 0 Å². The van der Waals surface area contributed by atoms with E-state index in [0.29, 0.717) is 12.0 Å². The third-order valence-electron chi connectivity index (χ3n) is 6.16. The van der Waals surface area contributed by atoms with Crippen molar-refractivity contribution >= 4 is 11.9 Å². The largest absolute Gasteiger partial charge is 0.490 e. The van der Waals surface area contributed by atoms with Crippen molar-refractivity contribution in [3.8, 4) is 0 Å². The first-order valence-corrected chi connectivity index (χ1v) is 10.6. The summed E-state index contributed by atoms with van der Waals surface area (Å²) in [6.45, 7) is 4.61. The second-order valence-electron chi connectivity index (χ2n) is 8.69. The number of carboxylic acid groups (broad SMARTS) is 1. The van der Waals surface area contributed by atoms with Crippen LogP contribution in [0.1, 0.15) is 42.5 Å². The molecule has 1 spiro atoms. The second kappa shape index (κ2) is 9.99. The Bertz CT molecular complexity index is 747. The van der Waals surface area contributed by atoms with Crippen LogP contribution in [0.5, 0.6) is 0 Å². The molecule has 1 saturated carbocycles. The van der Waals surface area contributed by atoms with Gasteiger partial charge in [-0.05, 0) is 68.7 Å². The van der Waals surface area contributed by atoms with Gasteiger partial charge in [0.15, 0.2) is 0 Å². The van der Waals surface area contributed by atoms with Crippen LogP contribution in [-0.2, 0) is 9.53 Å². The smallest absolute Gasteiger partial charge is 0.475 e. The number of ether oxygens (including phenoxy) is 1. The van der Waals surface area contributed by atoms with E-state index in [2.05, 4.69) is 10.2 Å². The van der Waals surface area contributed by atoms with Crippen LogP contribution in [0.3, 0.4) is 0 Å². The number of hydrogen-bond acceptors (Lipinski definition) is 4. The molecule has 1 amide bonds. The summed E-state index contributed by atoms with van der Waals surface area (Å²) in [4.78, 5) is 24.0. The van der Waals surface area contributed by atoms with Crippen molar-refractivity contribution in [3.05, 3.63) is 35.9 Å². The summed E-state index contributed by atoms with van der Waals surface area (Å²) in [5.41, 5.74) is 1.10. The van der Waals surface area contributed by atoms with E-state index in [4.69, 9.17) is 14.6 Å². The van der Waals surface area contributed by atoms with Gasteiger partial charge >= 0.3 is 12.1 Å². The van der Waals surface area contributed by atoms with Crippen LogP contribution in [0.15, 0.2) is 30.3 Å². The molecule has 2 aliphatic heterocycles. The molecule has 3 aliphatic rings. The van der Waals surface area contributed by atoms with Crippen molar-refractivity contribution in [3.63, 3.8) is 0 Å². The summed E-state index contributed by atoms with van der Waals surface area (Å²) in [5, 5.41) is 10.6. The Balaban J connectivity index is 0.000000339. The SMILES string of the molecule is O=C(O)C(F)(F)F.O=C(c1ccccc1)N1CC2(CCNCC2)CC1COCC1CC1. The van der Waals surface area contributed by atoms with Gasteiger partial charge in [0.05, 0.1) is 12.6 Å². The Kier molecular flexibility index (Phi) is 7.59. The number of piperidine rings is 1. The van der Waals surface area contributed by atoms with E-state index in [1.54, 1.807) is 0 Å².